The fourth-order valence-electron chi connectivity index (χ4n) is 1.87. The molecule has 0 N–H and O–H groups in total. The lowest BCUT2D eigenvalue weighted by molar-refractivity contribution is -0.0334. The number of hydrogen-bond donors (Lipinski definition) is 0. The first kappa shape index (κ1) is 9.69. The molecule has 1 heterocycles. The molecule has 0 unspecified atom stereocenters. The summed E-state index contributed by atoms with van der Waals surface area (Å²) in [6, 6.07) is 8.70. The predicted molar refractivity (Wildman–Crippen MR) is 57.3 cm³/mol. The van der Waals surface area contributed by atoms with E-state index in [0.29, 0.717) is 6.10 Å². The van der Waals surface area contributed by atoms with E-state index in [9.17, 15) is 0 Å². The van der Waals surface area contributed by atoms with Gasteiger partial charge in [-0.1, -0.05) is 29.8 Å². The van der Waals surface area contributed by atoms with Crippen molar-refractivity contribution in [2.75, 3.05) is 20.2 Å². The Morgan fingerprint density at radius 1 is 1.43 bits per heavy atom. The van der Waals surface area contributed by atoms with E-state index < -0.39 is 0 Å². The fraction of sp³-hybridized carbons (Fsp3) is 0.500. The van der Waals surface area contributed by atoms with Gasteiger partial charge in [0.05, 0.1) is 6.10 Å². The van der Waals surface area contributed by atoms with Crippen LogP contribution in [-0.4, -0.2) is 31.2 Å². The summed E-state index contributed by atoms with van der Waals surface area (Å²) in [7, 11) is 1.79. The van der Waals surface area contributed by atoms with Gasteiger partial charge in [0.25, 0.3) is 0 Å². The van der Waals surface area contributed by atoms with Crippen LogP contribution in [0.3, 0.4) is 0 Å². The Kier molecular flexibility index (Phi) is 2.85. The second-order valence-corrected chi connectivity index (χ2v) is 4.04. The van der Waals surface area contributed by atoms with Crippen LogP contribution in [0.1, 0.15) is 11.1 Å². The highest BCUT2D eigenvalue weighted by Gasteiger charge is 2.25. The molecule has 1 aromatic carbocycles. The minimum absolute atomic E-state index is 0.458. The van der Waals surface area contributed by atoms with E-state index >= 15 is 0 Å². The first-order valence-electron chi connectivity index (χ1n) is 5.08. The van der Waals surface area contributed by atoms with Gasteiger partial charge in [0.2, 0.25) is 0 Å². The molecule has 1 aliphatic rings. The van der Waals surface area contributed by atoms with Crippen LogP contribution < -0.4 is 0 Å². The molecule has 0 aromatic heterocycles. The lowest BCUT2D eigenvalue weighted by Crippen LogP contribution is -2.50. The average Bonchev–Trinajstić information content (AvgIpc) is 2.10. The molecule has 14 heavy (non-hydrogen) atoms. The smallest absolute Gasteiger partial charge is 0.0825 e. The molecular weight excluding hydrogens is 174 g/mol. The van der Waals surface area contributed by atoms with Gasteiger partial charge in [-0.3, -0.25) is 4.90 Å². The van der Waals surface area contributed by atoms with Gasteiger partial charge in [0.15, 0.2) is 0 Å². The van der Waals surface area contributed by atoms with E-state index in [1.165, 1.54) is 11.1 Å². The number of ether oxygens (including phenoxy) is 1. The van der Waals surface area contributed by atoms with Crippen molar-refractivity contribution in [1.29, 1.82) is 0 Å². The van der Waals surface area contributed by atoms with Gasteiger partial charge in [0, 0.05) is 26.7 Å². The number of likely N-dealkylation sites (tertiary alicyclic amines) is 1. The summed E-state index contributed by atoms with van der Waals surface area (Å²) in [4.78, 5) is 2.41. The third-order valence-electron chi connectivity index (χ3n) is 2.75. The fourth-order valence-corrected chi connectivity index (χ4v) is 1.87. The zero-order valence-corrected chi connectivity index (χ0v) is 8.86. The molecule has 2 rings (SSSR count). The topological polar surface area (TPSA) is 12.5 Å². The zero-order valence-electron chi connectivity index (χ0n) is 8.86. The third-order valence-corrected chi connectivity index (χ3v) is 2.75. The summed E-state index contributed by atoms with van der Waals surface area (Å²) in [6.07, 6.45) is 0.458. The van der Waals surface area contributed by atoms with Gasteiger partial charge in [-0.25, -0.2) is 0 Å². The van der Waals surface area contributed by atoms with Crippen molar-refractivity contribution < 1.29 is 4.74 Å². The Bertz CT molecular complexity index is 305. The second kappa shape index (κ2) is 4.11. The lowest BCUT2D eigenvalue weighted by atomic mass is 10.1. The van der Waals surface area contributed by atoms with Crippen molar-refractivity contribution >= 4 is 0 Å². The number of rotatable bonds is 3. The van der Waals surface area contributed by atoms with Crippen molar-refractivity contribution in [3.63, 3.8) is 0 Å². The Morgan fingerprint density at radius 2 is 2.21 bits per heavy atom. The Hall–Kier alpha value is -0.860. The van der Waals surface area contributed by atoms with Crippen molar-refractivity contribution in [3.05, 3.63) is 35.4 Å². The summed E-state index contributed by atoms with van der Waals surface area (Å²) >= 11 is 0. The molecule has 0 atom stereocenters. The summed E-state index contributed by atoms with van der Waals surface area (Å²) in [5.41, 5.74) is 2.74. The highest BCUT2D eigenvalue weighted by atomic mass is 16.5. The maximum absolute atomic E-state index is 5.24. The number of nitrogens with zero attached hydrogens (tertiary/aromatic N) is 1. The first-order chi connectivity index (χ1) is 6.78. The minimum Gasteiger partial charge on any atom is -0.379 e. The SMILES string of the molecule is COC1CN(Cc2cccc(C)c2)C1. The van der Waals surface area contributed by atoms with Crippen LogP contribution in [0.15, 0.2) is 24.3 Å². The molecule has 1 aromatic rings. The second-order valence-electron chi connectivity index (χ2n) is 4.04. The zero-order chi connectivity index (χ0) is 9.97. The van der Waals surface area contributed by atoms with E-state index in [1.54, 1.807) is 7.11 Å². The molecule has 0 spiro atoms. The molecule has 0 radical (unpaired) electrons. The highest BCUT2D eigenvalue weighted by molar-refractivity contribution is 5.22. The van der Waals surface area contributed by atoms with Crippen LogP contribution in [0.4, 0.5) is 0 Å². The van der Waals surface area contributed by atoms with E-state index in [2.05, 4.69) is 36.1 Å². The van der Waals surface area contributed by atoms with E-state index in [4.69, 9.17) is 4.74 Å². The molecule has 2 nitrogen and oxygen atoms in total. The molecule has 1 aliphatic heterocycles. The first-order valence-corrected chi connectivity index (χ1v) is 5.08. The van der Waals surface area contributed by atoms with Gasteiger partial charge in [-0.2, -0.15) is 0 Å². The normalized spacial score (nSPS) is 18.1. The van der Waals surface area contributed by atoms with Gasteiger partial charge in [0.1, 0.15) is 0 Å². The predicted octanol–water partition coefficient (Wildman–Crippen LogP) is 1.83. The molecular formula is C12H17NO. The van der Waals surface area contributed by atoms with Gasteiger partial charge in [-0.05, 0) is 12.5 Å². The summed E-state index contributed by atoms with van der Waals surface area (Å²) in [5, 5.41) is 0. The van der Waals surface area contributed by atoms with Crippen LogP contribution in [-0.2, 0) is 11.3 Å². The average molecular weight is 191 g/mol. The van der Waals surface area contributed by atoms with Crippen molar-refractivity contribution in [3.8, 4) is 0 Å². The van der Waals surface area contributed by atoms with Crippen molar-refractivity contribution in [2.24, 2.45) is 0 Å². The maximum atomic E-state index is 5.24. The van der Waals surface area contributed by atoms with Crippen LogP contribution >= 0.6 is 0 Å². The quantitative estimate of drug-likeness (QED) is 0.722. The molecule has 1 fully saturated rings. The standard InChI is InChI=1S/C12H17NO/c1-10-4-3-5-11(6-10)7-13-8-12(9-13)14-2/h3-6,12H,7-9H2,1-2H3. The number of hydrogen-bond acceptors (Lipinski definition) is 2. The largest absolute Gasteiger partial charge is 0.379 e. The summed E-state index contributed by atoms with van der Waals surface area (Å²) in [5.74, 6) is 0. The molecule has 0 bridgehead atoms. The molecule has 2 heteroatoms. The minimum atomic E-state index is 0.458. The molecule has 1 saturated heterocycles. The Morgan fingerprint density at radius 3 is 2.86 bits per heavy atom. The Balaban J connectivity index is 1.87. The number of aryl methyl sites for hydroxylation is 1. The van der Waals surface area contributed by atoms with Crippen LogP contribution in [0, 0.1) is 6.92 Å². The number of methoxy groups -OCH3 is 1. The van der Waals surface area contributed by atoms with Crippen LogP contribution in [0.5, 0.6) is 0 Å². The van der Waals surface area contributed by atoms with Gasteiger partial charge >= 0.3 is 0 Å². The monoisotopic (exact) mass is 191 g/mol. The highest BCUT2D eigenvalue weighted by Crippen LogP contribution is 2.15. The summed E-state index contributed by atoms with van der Waals surface area (Å²) < 4.78 is 5.24. The summed E-state index contributed by atoms with van der Waals surface area (Å²) in [6.45, 7) is 5.34. The van der Waals surface area contributed by atoms with Crippen LogP contribution in [0.2, 0.25) is 0 Å². The molecule has 76 valence electrons. The van der Waals surface area contributed by atoms with Crippen LogP contribution in [0.25, 0.3) is 0 Å². The van der Waals surface area contributed by atoms with Gasteiger partial charge < -0.3 is 4.74 Å². The molecule has 0 saturated carbocycles. The third kappa shape index (κ3) is 2.14. The van der Waals surface area contributed by atoms with E-state index in [-0.39, 0.29) is 0 Å². The molecule has 0 aliphatic carbocycles. The Labute approximate surface area is 85.5 Å². The van der Waals surface area contributed by atoms with E-state index in [0.717, 1.165) is 19.6 Å². The van der Waals surface area contributed by atoms with Gasteiger partial charge in [-0.15, -0.1) is 0 Å². The maximum Gasteiger partial charge on any atom is 0.0825 e. The lowest BCUT2D eigenvalue weighted by Gasteiger charge is -2.38. The van der Waals surface area contributed by atoms with Crippen molar-refractivity contribution in [1.82, 2.24) is 4.90 Å². The van der Waals surface area contributed by atoms with E-state index in [1.807, 2.05) is 0 Å². The van der Waals surface area contributed by atoms with Crippen molar-refractivity contribution in [2.45, 2.75) is 19.6 Å². The number of benzene rings is 1. The molecule has 0 amide bonds.